The van der Waals surface area contributed by atoms with E-state index in [4.69, 9.17) is 18.9 Å². The van der Waals surface area contributed by atoms with Crippen LogP contribution >= 0.6 is 0 Å². The number of amides is 1. The lowest BCUT2D eigenvalue weighted by molar-refractivity contribution is -0.359. The molecule has 0 aromatic heterocycles. The summed E-state index contributed by atoms with van der Waals surface area (Å²) in [6.45, 7) is 2.78. The van der Waals surface area contributed by atoms with Gasteiger partial charge in [0.1, 0.15) is 48.8 Å². The molecular weight excluding hydrogens is 931 g/mol. The van der Waals surface area contributed by atoms with Gasteiger partial charge in [-0.15, -0.1) is 0 Å². The summed E-state index contributed by atoms with van der Waals surface area (Å²) in [6, 6.07) is -0.917. The first kappa shape index (κ1) is 67.1. The molecule has 14 heteroatoms. The van der Waals surface area contributed by atoms with Crippen LogP contribution in [0, 0.1) is 0 Å². The van der Waals surface area contributed by atoms with Crippen LogP contribution in [-0.4, -0.2) is 140 Å². The normalized spacial score (nSPS) is 25.7. The molecule has 0 spiro atoms. The van der Waals surface area contributed by atoms with Crippen molar-refractivity contribution in [2.45, 2.75) is 299 Å². The molecule has 2 heterocycles. The van der Waals surface area contributed by atoms with Gasteiger partial charge in [-0.1, -0.05) is 210 Å². The molecule has 1 amide bonds. The van der Waals surface area contributed by atoms with E-state index in [1.54, 1.807) is 6.08 Å². The second-order valence-electron chi connectivity index (χ2n) is 20.8. The minimum Gasteiger partial charge on any atom is -0.394 e. The topological polar surface area (TPSA) is 228 Å². The quantitative estimate of drug-likeness (QED) is 0.0205. The van der Waals surface area contributed by atoms with Gasteiger partial charge in [-0.2, -0.15) is 0 Å². The molecule has 2 fully saturated rings. The zero-order valence-corrected chi connectivity index (χ0v) is 45.6. The number of ether oxygens (including phenoxy) is 4. The molecule has 2 aliphatic heterocycles. The molecule has 9 N–H and O–H groups in total. The Morgan fingerprint density at radius 3 is 1.38 bits per heavy atom. The number of carbonyl (C=O) groups excluding carboxylic acids is 1. The number of aliphatic hydroxyl groups excluding tert-OH is 8. The predicted octanol–water partition coefficient (Wildman–Crippen LogP) is 9.61. The second kappa shape index (κ2) is 45.0. The maximum Gasteiger partial charge on any atom is 0.220 e. The van der Waals surface area contributed by atoms with Gasteiger partial charge in [-0.05, 0) is 57.8 Å². The van der Waals surface area contributed by atoms with Crippen LogP contribution in [0.25, 0.3) is 0 Å². The molecule has 2 rings (SSSR count). The summed E-state index contributed by atoms with van der Waals surface area (Å²) in [7, 11) is 0. The molecule has 73 heavy (non-hydrogen) atoms. The monoisotopic (exact) mass is 1040 g/mol. The highest BCUT2D eigenvalue weighted by Crippen LogP contribution is 2.30. The molecule has 0 aliphatic carbocycles. The van der Waals surface area contributed by atoms with Crippen LogP contribution in [0.2, 0.25) is 0 Å². The summed E-state index contributed by atoms with van der Waals surface area (Å²) in [5, 5.41) is 87.0. The second-order valence-corrected chi connectivity index (χ2v) is 20.8. The van der Waals surface area contributed by atoms with E-state index < -0.39 is 86.8 Å². The average molecular weight is 1040 g/mol. The molecule has 14 nitrogen and oxygen atoms in total. The Hall–Kier alpha value is -2.05. The fourth-order valence-corrected chi connectivity index (χ4v) is 9.47. The highest BCUT2D eigenvalue weighted by atomic mass is 16.7. The maximum absolute atomic E-state index is 13.2. The molecule has 0 saturated carbocycles. The van der Waals surface area contributed by atoms with Crippen LogP contribution in [-0.2, 0) is 23.7 Å². The van der Waals surface area contributed by atoms with E-state index in [0.717, 1.165) is 57.8 Å². The highest BCUT2D eigenvalue weighted by Gasteiger charge is 2.51. The van der Waals surface area contributed by atoms with Gasteiger partial charge in [0.05, 0.1) is 32.0 Å². The minimum absolute atomic E-state index is 0.244. The summed E-state index contributed by atoms with van der Waals surface area (Å²) >= 11 is 0. The van der Waals surface area contributed by atoms with Crippen molar-refractivity contribution in [1.29, 1.82) is 0 Å². The number of rotatable bonds is 46. The van der Waals surface area contributed by atoms with Crippen molar-refractivity contribution in [1.82, 2.24) is 5.32 Å². The fourth-order valence-electron chi connectivity index (χ4n) is 9.47. The highest BCUT2D eigenvalue weighted by molar-refractivity contribution is 5.76. The molecule has 0 aromatic carbocycles. The summed E-state index contributed by atoms with van der Waals surface area (Å²) in [5.41, 5.74) is 0. The first-order valence-corrected chi connectivity index (χ1v) is 29.4. The summed E-state index contributed by atoms with van der Waals surface area (Å²) < 4.78 is 22.7. The van der Waals surface area contributed by atoms with E-state index in [1.807, 2.05) is 6.08 Å². The SMILES string of the molecule is CCCCCCC/C=C\C/C=C\C/C=C\CCCCCCCCCCCCC(=O)NC(COC1OC(CO)C(OC2OC(CO)C(O)C(O)C2O)C(O)C1O)C(O)/C=C/CCCCCCCCCCCCCC. The molecule has 2 saturated heterocycles. The fraction of sp³-hybridized carbons (Fsp3) is 0.847. The zero-order chi connectivity index (χ0) is 53.2. The van der Waals surface area contributed by atoms with E-state index in [0.29, 0.717) is 6.42 Å². The third-order valence-electron chi connectivity index (χ3n) is 14.3. The average Bonchev–Trinajstić information content (AvgIpc) is 3.39. The molecule has 2 aliphatic rings. The van der Waals surface area contributed by atoms with E-state index >= 15 is 0 Å². The van der Waals surface area contributed by atoms with Crippen LogP contribution in [0.3, 0.4) is 0 Å². The van der Waals surface area contributed by atoms with E-state index in [9.17, 15) is 45.6 Å². The van der Waals surface area contributed by atoms with E-state index in [-0.39, 0.29) is 18.9 Å². The Labute approximate surface area is 442 Å². The Balaban J connectivity index is 1.75. The van der Waals surface area contributed by atoms with Crippen LogP contribution in [0.1, 0.15) is 226 Å². The number of allylic oxidation sites excluding steroid dienone is 7. The van der Waals surface area contributed by atoms with Gasteiger partial charge in [-0.25, -0.2) is 0 Å². The minimum atomic E-state index is -1.79. The van der Waals surface area contributed by atoms with Crippen LogP contribution < -0.4 is 5.32 Å². The molecule has 0 aromatic rings. The molecule has 0 radical (unpaired) electrons. The van der Waals surface area contributed by atoms with Crippen LogP contribution in [0.4, 0.5) is 0 Å². The summed E-state index contributed by atoms with van der Waals surface area (Å²) in [5.74, 6) is -0.244. The first-order chi connectivity index (χ1) is 35.6. The van der Waals surface area contributed by atoms with Gasteiger partial charge in [0.2, 0.25) is 5.91 Å². The first-order valence-electron chi connectivity index (χ1n) is 29.4. The predicted molar refractivity (Wildman–Crippen MR) is 291 cm³/mol. The lowest BCUT2D eigenvalue weighted by Crippen LogP contribution is -2.65. The lowest BCUT2D eigenvalue weighted by Gasteiger charge is -2.46. The number of aliphatic hydroxyl groups is 8. The third kappa shape index (κ3) is 31.1. The smallest absolute Gasteiger partial charge is 0.220 e. The number of hydrogen-bond acceptors (Lipinski definition) is 13. The van der Waals surface area contributed by atoms with Crippen LogP contribution in [0.5, 0.6) is 0 Å². The Morgan fingerprint density at radius 2 is 0.904 bits per heavy atom. The lowest BCUT2D eigenvalue weighted by atomic mass is 9.97. The Kier molecular flexibility index (Phi) is 41.4. The third-order valence-corrected chi connectivity index (χ3v) is 14.3. The largest absolute Gasteiger partial charge is 0.394 e. The summed E-state index contributed by atoms with van der Waals surface area (Å²) in [6.07, 6.45) is 38.6. The van der Waals surface area contributed by atoms with Gasteiger partial charge < -0.3 is 65.1 Å². The summed E-state index contributed by atoms with van der Waals surface area (Å²) in [4.78, 5) is 13.2. The zero-order valence-electron chi connectivity index (χ0n) is 45.6. The van der Waals surface area contributed by atoms with Crippen molar-refractivity contribution in [2.75, 3.05) is 19.8 Å². The van der Waals surface area contributed by atoms with Crippen LogP contribution in [0.15, 0.2) is 48.6 Å². The van der Waals surface area contributed by atoms with Crippen molar-refractivity contribution in [2.24, 2.45) is 0 Å². The van der Waals surface area contributed by atoms with Crippen molar-refractivity contribution in [3.63, 3.8) is 0 Å². The van der Waals surface area contributed by atoms with Gasteiger partial charge in [0.25, 0.3) is 0 Å². The molecule has 426 valence electrons. The van der Waals surface area contributed by atoms with Gasteiger partial charge in [0, 0.05) is 6.42 Å². The number of nitrogens with one attached hydrogen (secondary N) is 1. The van der Waals surface area contributed by atoms with E-state index in [2.05, 4.69) is 55.6 Å². The number of carbonyl (C=O) groups is 1. The standard InChI is InChI=1S/C59H107NO13/c1-3-5-7-9-11-13-15-17-19-20-21-22-23-24-25-26-27-28-29-31-33-35-37-39-41-43-51(64)60-47(48(63)42-40-38-36-34-32-30-18-16-14-12-10-8-6-4-2)46-70-58-56(69)54(67)57(50(45-62)72-58)73-59-55(68)53(66)52(65)49(44-61)71-59/h15,17,20-21,23-24,40,42,47-50,52-59,61-63,65-69H,3-14,16,18-19,22,25-39,41,43-46H2,1-2H3,(H,60,64)/b17-15-,21-20-,24-23-,42-40+. The molecule has 0 bridgehead atoms. The van der Waals surface area contributed by atoms with Crippen molar-refractivity contribution in [3.8, 4) is 0 Å². The van der Waals surface area contributed by atoms with Gasteiger partial charge in [-0.3, -0.25) is 4.79 Å². The molecular formula is C59H107NO13. The van der Waals surface area contributed by atoms with Crippen molar-refractivity contribution < 1.29 is 64.6 Å². The van der Waals surface area contributed by atoms with Crippen molar-refractivity contribution >= 4 is 5.91 Å². The van der Waals surface area contributed by atoms with E-state index in [1.165, 1.54) is 141 Å². The molecule has 12 unspecified atom stereocenters. The number of unbranched alkanes of at least 4 members (excludes halogenated alkanes) is 27. The van der Waals surface area contributed by atoms with Crippen molar-refractivity contribution in [3.05, 3.63) is 48.6 Å². The van der Waals surface area contributed by atoms with Gasteiger partial charge in [0.15, 0.2) is 12.6 Å². The number of hydrogen-bond donors (Lipinski definition) is 9. The Morgan fingerprint density at radius 1 is 0.493 bits per heavy atom. The van der Waals surface area contributed by atoms with Gasteiger partial charge >= 0.3 is 0 Å². The Bertz CT molecular complexity index is 1410. The molecule has 12 atom stereocenters. The maximum atomic E-state index is 13.2.